The van der Waals surface area contributed by atoms with Gasteiger partial charge in [0.15, 0.2) is 5.79 Å². The molecular weight excluding hydrogens is 2000 g/mol. The number of carboxylic acids is 3. The van der Waals surface area contributed by atoms with Crippen LogP contribution in [0, 0.1) is 23.3 Å². The van der Waals surface area contributed by atoms with Crippen molar-refractivity contribution in [1.29, 1.82) is 0 Å². The summed E-state index contributed by atoms with van der Waals surface area (Å²) in [5, 5.41) is 91.7. The number of aliphatic hydroxyl groups excluding tert-OH is 6. The maximum absolute atomic E-state index is 13.8. The Morgan fingerprint density at radius 3 is 0.861 bits per heavy atom. The third-order valence-electron chi connectivity index (χ3n) is 20.5. The number of anilines is 4. The second-order valence-corrected chi connectivity index (χ2v) is 43.7. The number of esters is 1. The number of carbonyl (C=O) groups is 4. The van der Waals surface area contributed by atoms with Crippen molar-refractivity contribution in [2.45, 2.75) is 233 Å². The van der Waals surface area contributed by atoms with E-state index in [4.69, 9.17) is 14.2 Å². The van der Waals surface area contributed by atoms with Gasteiger partial charge in [-0.3, -0.25) is 4.79 Å². The second-order valence-electron chi connectivity index (χ2n) is 35.6. The van der Waals surface area contributed by atoms with Gasteiger partial charge in [-0.05, 0) is 155 Å². The van der Waals surface area contributed by atoms with Gasteiger partial charge in [-0.15, -0.1) is 0 Å². The van der Waals surface area contributed by atoms with Crippen LogP contribution >= 0.6 is 0 Å². The van der Waals surface area contributed by atoms with Gasteiger partial charge < -0.3 is 80.3 Å². The number of hydrogen-bond acceptors (Lipinski definition) is 32. The number of aliphatic carboxylic acids is 3. The Hall–Kier alpha value is -9.34. The molecule has 0 bridgehead atoms. The number of hydrogen-bond donors (Lipinski definition) is 7. The molecule has 782 valence electrons. The second kappa shape index (κ2) is 57.8. The number of aliphatic hydroxyl groups is 6. The molecule has 0 spiro atoms. The zero-order chi connectivity index (χ0) is 107. The summed E-state index contributed by atoms with van der Waals surface area (Å²) in [4.78, 5) is 80.0. The van der Waals surface area contributed by atoms with Crippen LogP contribution in [0.2, 0.25) is 0 Å². The van der Waals surface area contributed by atoms with E-state index >= 15 is 0 Å². The summed E-state index contributed by atoms with van der Waals surface area (Å²) in [6.07, 6.45) is 6.19. The third-order valence-corrected chi connectivity index (χ3v) is 25.1. The molecule has 5 heterocycles. The van der Waals surface area contributed by atoms with Crippen LogP contribution in [0.25, 0.3) is 69.3 Å². The smallest absolute Gasteiger partial charge is 0.550 e. The number of nitrogens with zero attached hydrogens (tertiary/aromatic N) is 12. The van der Waals surface area contributed by atoms with Crippen molar-refractivity contribution >= 4 is 150 Å². The van der Waals surface area contributed by atoms with Gasteiger partial charge in [0.05, 0.1) is 133 Å². The summed E-state index contributed by atoms with van der Waals surface area (Å²) >= 11 is 0. The van der Waals surface area contributed by atoms with Crippen LogP contribution in [0.5, 0.6) is 0 Å². The molecule has 4 aromatic heterocycles. The van der Waals surface area contributed by atoms with Crippen LogP contribution in [0.15, 0.2) is 121 Å². The Morgan fingerprint density at radius 2 is 0.660 bits per heavy atom. The number of quaternary nitrogens is 1. The number of carboxylic acid groups (broad SMARTS) is 3. The van der Waals surface area contributed by atoms with Crippen LogP contribution < -0.4 is 67.8 Å². The molecule has 0 saturated carbocycles. The minimum absolute atomic E-state index is 0. The number of aromatic nitrogens is 8. The molecule has 0 amide bonds. The molecule has 0 radical (unpaired) electrons. The first kappa shape index (κ1) is 131. The minimum Gasteiger partial charge on any atom is -0.550 e. The minimum atomic E-state index is -3.66. The topological polar surface area (TPSA) is 567 Å². The van der Waals surface area contributed by atoms with E-state index in [9.17, 15) is 116 Å². The van der Waals surface area contributed by atoms with Crippen LogP contribution in [0.1, 0.15) is 218 Å². The van der Waals surface area contributed by atoms with Crippen LogP contribution in [0.3, 0.4) is 0 Å². The fraction of sp³-hybridized carbons (Fsp3) is 0.464. The first-order chi connectivity index (χ1) is 65.2. The monoisotopic (exact) mass is 2130 g/mol. The van der Waals surface area contributed by atoms with Gasteiger partial charge in [0, 0.05) is 136 Å². The summed E-state index contributed by atoms with van der Waals surface area (Å²) < 4.78 is 173. The Kier molecular flexibility index (Phi) is 52.5. The molecule has 47 heteroatoms. The number of halogens is 4. The first-order valence-corrected chi connectivity index (χ1v) is 51.8. The Balaban J connectivity index is 0.000000643. The first-order valence-electron chi connectivity index (χ1n) is 44.4. The van der Waals surface area contributed by atoms with Gasteiger partial charge in [-0.1, -0.05) is 111 Å². The maximum atomic E-state index is 13.8. The molecule has 144 heavy (non-hydrogen) atoms. The van der Waals surface area contributed by atoms with E-state index in [0.717, 1.165) is 42.2 Å². The van der Waals surface area contributed by atoms with Crippen molar-refractivity contribution in [1.82, 2.24) is 39.9 Å². The summed E-state index contributed by atoms with van der Waals surface area (Å²) in [6, 6.07) is 22.2. The largest absolute Gasteiger partial charge is 2.00 e. The summed E-state index contributed by atoms with van der Waals surface area (Å²) in [5.74, 6) is -8.19. The molecule has 8 aromatic rings. The third kappa shape index (κ3) is 42.1. The number of ether oxygens (including phenoxy) is 3. The molecule has 1 aliphatic heterocycles. The average Bonchev–Trinajstić information content (AvgIpc) is 0.790. The number of rotatable bonds is 38. The zero-order valence-corrected chi connectivity index (χ0v) is 91.9. The van der Waals surface area contributed by atoms with Gasteiger partial charge >= 0.3 is 73.3 Å². The van der Waals surface area contributed by atoms with E-state index < -0.39 is 161 Å². The van der Waals surface area contributed by atoms with Crippen molar-refractivity contribution in [3.8, 4) is 45.0 Å². The van der Waals surface area contributed by atoms with E-state index in [1.807, 2.05) is 88.3 Å². The zero-order valence-electron chi connectivity index (χ0n) is 84.4. The fourth-order valence-corrected chi connectivity index (χ4v) is 15.0. The van der Waals surface area contributed by atoms with E-state index in [2.05, 4.69) is 45.6 Å². The summed E-state index contributed by atoms with van der Waals surface area (Å²) in [6.45, 7) is 24.0. The molecule has 1 fully saturated rings. The van der Waals surface area contributed by atoms with Crippen LogP contribution in [-0.2, 0) is 73.5 Å². The van der Waals surface area contributed by atoms with Crippen molar-refractivity contribution in [3.05, 3.63) is 190 Å². The standard InChI is InChI=1S/C29H40FN3O6S.3C22H28FN3O6S.CH5N.CH4.Ca.Na/c1-18(2)25-23(15-14-21-16-22(38-29(6,7)37-21)17-24(34)39-28(3,4)5)26(19-10-12-20(30)13-11-19)32-27(31-25)33(8)40(9,35)36;3*1-13(2)20-18(10-9-16(27)11-17(28)12-19(29)30)21(14-5-7-15(23)8-6-14)25-22(24-20)26(3)33(4,31)32;1-2;;;/h10-15,18,21-22H,16-17H2,1-9H3;3*5-10,13,16-17,27-28H,11-12H2,1-4H3,(H,29,30);2H2,1H3;1H4;;/q;;;;;;+2;+1/p-2/b15-14+;3*10-9+;;;;/t21-,22-;3*16-,17-;;;;/m1111..../s1. The Labute approximate surface area is 892 Å². The molecule has 0 unspecified atom stereocenters. The van der Waals surface area contributed by atoms with E-state index in [-0.39, 0.29) is 154 Å². The predicted octanol–water partition coefficient (Wildman–Crippen LogP) is 4.78. The molecule has 1 saturated heterocycles. The van der Waals surface area contributed by atoms with E-state index in [0.29, 0.717) is 96.5 Å². The molecule has 9 rings (SSSR count). The van der Waals surface area contributed by atoms with Crippen LogP contribution in [0.4, 0.5) is 41.4 Å². The molecule has 1 aliphatic rings. The summed E-state index contributed by atoms with van der Waals surface area (Å²) in [7, 11) is -7.50. The average molecular weight is 2130 g/mol. The number of sulfonamides is 4. The van der Waals surface area contributed by atoms with E-state index in [1.165, 1.54) is 150 Å². The normalized spacial score (nSPS) is 15.1. The maximum Gasteiger partial charge on any atom is 2.00 e. The van der Waals surface area contributed by atoms with Gasteiger partial charge in [0.2, 0.25) is 63.9 Å². The number of carbonyl (C=O) groups excluding carboxylic acids is 4. The Morgan fingerprint density at radius 1 is 0.438 bits per heavy atom. The Bertz CT molecular complexity index is 5800. The molecular formula is C97H131CaF4N13NaO24S4+. The fourth-order valence-electron chi connectivity index (χ4n) is 13.5. The molecule has 4 aromatic carbocycles. The van der Waals surface area contributed by atoms with Gasteiger partial charge in [0.25, 0.3) is 0 Å². The molecule has 8 atom stereocenters. The molecule has 37 nitrogen and oxygen atoms in total. The summed E-state index contributed by atoms with van der Waals surface area (Å²) in [5.41, 5.74) is 10.3. The van der Waals surface area contributed by atoms with Crippen molar-refractivity contribution in [2.75, 3.05) is 77.5 Å². The van der Waals surface area contributed by atoms with Gasteiger partial charge in [-0.2, -0.15) is 0 Å². The molecule has 9 N–H and O–H groups in total. The van der Waals surface area contributed by atoms with Gasteiger partial charge in [-0.25, -0.2) is 108 Å². The SMILES string of the molecule is C.CC(C)c1nc(N(C)S(C)(=O)=O)nc(-c2ccc(F)cc2)c1/C=C/[C@@H](O)C[C@@H](O)CC(=O)[O-].CC(C)c1nc(N(C)S(C)(=O)=O)nc(-c2ccc(F)cc2)c1/C=C/[C@@H](O)C[C@@H](O)CC(=O)[O-].CC(C)c1nc(N(C)S(C)(=O)=O)nc(-c2ccc(F)cc2)c1/C=C/[C@@H](O)C[C@@H](O)CC(=O)[O-].CC(C)c1nc(N(C)S(C)(=O)=O)nc(-c2ccc(F)cc2)c1/C=C/[C@@H]1C[C@H](CC(=O)OC(C)(C)C)OC(C)(C)O1.C[NH3+].[Ca+2].[Na+]. The van der Waals surface area contributed by atoms with Crippen molar-refractivity contribution in [3.63, 3.8) is 0 Å². The van der Waals surface area contributed by atoms with Gasteiger partial charge in [0.1, 0.15) is 28.9 Å². The molecule has 0 aliphatic carbocycles. The van der Waals surface area contributed by atoms with Crippen LogP contribution in [-0.4, -0.2) is 286 Å². The number of benzene rings is 4. The van der Waals surface area contributed by atoms with E-state index in [1.54, 1.807) is 33.0 Å². The quantitative estimate of drug-likeness (QED) is 0.0155. The van der Waals surface area contributed by atoms with Crippen molar-refractivity contribution < 1.29 is 166 Å². The van der Waals surface area contributed by atoms with Crippen molar-refractivity contribution in [2.24, 2.45) is 0 Å². The predicted molar refractivity (Wildman–Crippen MR) is 534 cm³/mol.